The molecule has 1 aromatic heterocycles. The number of ether oxygens (including phenoxy) is 2. The lowest BCUT2D eigenvalue weighted by atomic mass is 10.2. The van der Waals surface area contributed by atoms with Gasteiger partial charge in [0.25, 0.3) is 0 Å². The molecule has 0 aromatic carbocycles. The molecule has 1 aliphatic rings. The third kappa shape index (κ3) is 1.83. The fourth-order valence-electron chi connectivity index (χ4n) is 1.68. The SMILES string of the molecule is CO[C@H](C)c1ccc([C@@H]2CCCO2)o1. The molecule has 1 saturated heterocycles. The van der Waals surface area contributed by atoms with Crippen molar-refractivity contribution in [2.75, 3.05) is 13.7 Å². The molecule has 0 radical (unpaired) electrons. The van der Waals surface area contributed by atoms with Gasteiger partial charge in [-0.1, -0.05) is 0 Å². The summed E-state index contributed by atoms with van der Waals surface area (Å²) in [5.74, 6) is 1.81. The molecule has 3 nitrogen and oxygen atoms in total. The monoisotopic (exact) mass is 196 g/mol. The molecule has 0 bridgehead atoms. The molecule has 1 aliphatic heterocycles. The van der Waals surface area contributed by atoms with Gasteiger partial charge in [0.1, 0.15) is 23.7 Å². The summed E-state index contributed by atoms with van der Waals surface area (Å²) in [6, 6.07) is 3.95. The van der Waals surface area contributed by atoms with Crippen LogP contribution >= 0.6 is 0 Å². The average molecular weight is 196 g/mol. The second-order valence-electron chi connectivity index (χ2n) is 3.62. The molecule has 0 spiro atoms. The van der Waals surface area contributed by atoms with E-state index in [2.05, 4.69) is 0 Å². The number of hydrogen-bond donors (Lipinski definition) is 0. The van der Waals surface area contributed by atoms with Crippen molar-refractivity contribution >= 4 is 0 Å². The number of rotatable bonds is 3. The van der Waals surface area contributed by atoms with Crippen LogP contribution in [0.1, 0.15) is 43.5 Å². The van der Waals surface area contributed by atoms with E-state index in [4.69, 9.17) is 13.9 Å². The Morgan fingerprint density at radius 2 is 2.36 bits per heavy atom. The third-order valence-electron chi connectivity index (χ3n) is 2.65. The quantitative estimate of drug-likeness (QED) is 0.745. The maximum atomic E-state index is 5.67. The molecule has 3 heteroatoms. The first-order valence-corrected chi connectivity index (χ1v) is 5.05. The lowest BCUT2D eigenvalue weighted by Crippen LogP contribution is -1.95. The molecule has 0 amide bonds. The molecule has 0 saturated carbocycles. The van der Waals surface area contributed by atoms with Crippen molar-refractivity contribution in [2.24, 2.45) is 0 Å². The van der Waals surface area contributed by atoms with E-state index in [1.165, 1.54) is 0 Å². The van der Waals surface area contributed by atoms with Gasteiger partial charge in [0.05, 0.1) is 0 Å². The summed E-state index contributed by atoms with van der Waals surface area (Å²) in [6.07, 6.45) is 2.37. The summed E-state index contributed by atoms with van der Waals surface area (Å²) >= 11 is 0. The molecule has 1 aromatic rings. The smallest absolute Gasteiger partial charge is 0.133 e. The van der Waals surface area contributed by atoms with Crippen LogP contribution in [0.2, 0.25) is 0 Å². The standard InChI is InChI=1S/C11H16O3/c1-8(12-2)9-5-6-11(14-9)10-4-3-7-13-10/h5-6,8,10H,3-4,7H2,1-2H3/t8-,10+/m1/s1. The van der Waals surface area contributed by atoms with Gasteiger partial charge in [0.2, 0.25) is 0 Å². The first kappa shape index (κ1) is 9.74. The van der Waals surface area contributed by atoms with Gasteiger partial charge < -0.3 is 13.9 Å². The van der Waals surface area contributed by atoms with Crippen LogP contribution in [0.5, 0.6) is 0 Å². The molecule has 0 aliphatic carbocycles. The van der Waals surface area contributed by atoms with Crippen molar-refractivity contribution in [3.63, 3.8) is 0 Å². The van der Waals surface area contributed by atoms with Crippen molar-refractivity contribution in [1.29, 1.82) is 0 Å². The molecular formula is C11H16O3. The molecule has 2 rings (SSSR count). The molecule has 14 heavy (non-hydrogen) atoms. The zero-order valence-corrected chi connectivity index (χ0v) is 8.66. The van der Waals surface area contributed by atoms with Crippen LogP contribution in [-0.2, 0) is 9.47 Å². The van der Waals surface area contributed by atoms with Gasteiger partial charge in [-0.2, -0.15) is 0 Å². The highest BCUT2D eigenvalue weighted by Crippen LogP contribution is 2.31. The Balaban J connectivity index is 2.08. The highest BCUT2D eigenvalue weighted by atomic mass is 16.5. The topological polar surface area (TPSA) is 31.6 Å². The zero-order chi connectivity index (χ0) is 9.97. The first-order chi connectivity index (χ1) is 6.81. The van der Waals surface area contributed by atoms with Gasteiger partial charge in [-0.15, -0.1) is 0 Å². The molecule has 0 unspecified atom stereocenters. The summed E-state index contributed by atoms with van der Waals surface area (Å²) in [5, 5.41) is 0. The molecular weight excluding hydrogens is 180 g/mol. The Labute approximate surface area is 84.0 Å². The Kier molecular flexibility index (Phi) is 2.89. The summed E-state index contributed by atoms with van der Waals surface area (Å²) in [7, 11) is 1.68. The zero-order valence-electron chi connectivity index (χ0n) is 8.66. The fraction of sp³-hybridized carbons (Fsp3) is 0.636. The van der Waals surface area contributed by atoms with Gasteiger partial charge in [-0.25, -0.2) is 0 Å². The van der Waals surface area contributed by atoms with Crippen molar-refractivity contribution in [2.45, 2.75) is 32.0 Å². The minimum Gasteiger partial charge on any atom is -0.461 e. The second-order valence-corrected chi connectivity index (χ2v) is 3.62. The Morgan fingerprint density at radius 3 is 3.00 bits per heavy atom. The highest BCUT2D eigenvalue weighted by Gasteiger charge is 2.21. The number of hydrogen-bond acceptors (Lipinski definition) is 3. The van der Waals surface area contributed by atoms with E-state index in [0.717, 1.165) is 31.0 Å². The molecule has 0 N–H and O–H groups in total. The van der Waals surface area contributed by atoms with Crippen molar-refractivity contribution in [1.82, 2.24) is 0 Å². The van der Waals surface area contributed by atoms with Gasteiger partial charge in [-0.05, 0) is 31.9 Å². The Hall–Kier alpha value is -0.800. The fourth-order valence-corrected chi connectivity index (χ4v) is 1.68. The normalized spacial score (nSPS) is 24.0. The van der Waals surface area contributed by atoms with Crippen LogP contribution < -0.4 is 0 Å². The Morgan fingerprint density at radius 1 is 1.50 bits per heavy atom. The predicted molar refractivity (Wildman–Crippen MR) is 52.1 cm³/mol. The number of methoxy groups -OCH3 is 1. The molecule has 2 atom stereocenters. The van der Waals surface area contributed by atoms with Gasteiger partial charge in [0.15, 0.2) is 0 Å². The van der Waals surface area contributed by atoms with E-state index < -0.39 is 0 Å². The first-order valence-electron chi connectivity index (χ1n) is 5.05. The lowest BCUT2D eigenvalue weighted by Gasteiger charge is -2.07. The molecule has 1 fully saturated rings. The highest BCUT2D eigenvalue weighted by molar-refractivity contribution is 5.11. The van der Waals surface area contributed by atoms with Crippen molar-refractivity contribution < 1.29 is 13.9 Å². The van der Waals surface area contributed by atoms with E-state index in [1.54, 1.807) is 7.11 Å². The van der Waals surface area contributed by atoms with Crippen LogP contribution in [0.3, 0.4) is 0 Å². The molecule has 2 heterocycles. The maximum absolute atomic E-state index is 5.67. The van der Waals surface area contributed by atoms with E-state index in [-0.39, 0.29) is 12.2 Å². The third-order valence-corrected chi connectivity index (χ3v) is 2.65. The van der Waals surface area contributed by atoms with Gasteiger partial charge >= 0.3 is 0 Å². The summed E-state index contributed by atoms with van der Waals surface area (Å²) in [5.41, 5.74) is 0. The summed E-state index contributed by atoms with van der Waals surface area (Å²) in [4.78, 5) is 0. The van der Waals surface area contributed by atoms with E-state index in [1.807, 2.05) is 19.1 Å². The second kappa shape index (κ2) is 4.15. The Bertz CT molecular complexity index is 286. The predicted octanol–water partition coefficient (Wildman–Crippen LogP) is 2.84. The minimum absolute atomic E-state index is 0.0187. The van der Waals surface area contributed by atoms with Crippen LogP contribution in [-0.4, -0.2) is 13.7 Å². The average Bonchev–Trinajstić information content (AvgIpc) is 2.86. The largest absolute Gasteiger partial charge is 0.461 e. The minimum atomic E-state index is 0.0187. The van der Waals surface area contributed by atoms with Crippen molar-refractivity contribution in [3.05, 3.63) is 23.7 Å². The van der Waals surface area contributed by atoms with Crippen LogP contribution in [0, 0.1) is 0 Å². The van der Waals surface area contributed by atoms with Crippen LogP contribution in [0.25, 0.3) is 0 Å². The number of furan rings is 1. The van der Waals surface area contributed by atoms with E-state index >= 15 is 0 Å². The lowest BCUT2D eigenvalue weighted by molar-refractivity contribution is 0.0755. The van der Waals surface area contributed by atoms with Crippen molar-refractivity contribution in [3.8, 4) is 0 Å². The van der Waals surface area contributed by atoms with Gasteiger partial charge in [0, 0.05) is 13.7 Å². The summed E-state index contributed by atoms with van der Waals surface area (Å²) in [6.45, 7) is 2.82. The molecule has 78 valence electrons. The summed E-state index contributed by atoms with van der Waals surface area (Å²) < 4.78 is 16.4. The van der Waals surface area contributed by atoms with Gasteiger partial charge in [-0.3, -0.25) is 0 Å². The van der Waals surface area contributed by atoms with E-state index in [9.17, 15) is 0 Å². The van der Waals surface area contributed by atoms with Crippen LogP contribution in [0.15, 0.2) is 16.5 Å². The maximum Gasteiger partial charge on any atom is 0.133 e. The van der Waals surface area contributed by atoms with Crippen LogP contribution in [0.4, 0.5) is 0 Å². The van der Waals surface area contributed by atoms with E-state index in [0.29, 0.717) is 0 Å².